The van der Waals surface area contributed by atoms with Gasteiger partial charge in [0.1, 0.15) is 0 Å². The summed E-state index contributed by atoms with van der Waals surface area (Å²) in [5.41, 5.74) is 0. The van der Waals surface area contributed by atoms with Crippen LogP contribution in [0.1, 0.15) is 25.1 Å². The summed E-state index contributed by atoms with van der Waals surface area (Å²) in [5, 5.41) is 5.73. The van der Waals surface area contributed by atoms with E-state index in [0.717, 1.165) is 13.1 Å². The maximum Gasteiger partial charge on any atom is 0.0116 e. The number of thioether (sulfide) groups is 1. The molecule has 0 spiro atoms. The third-order valence-corrected chi connectivity index (χ3v) is 5.97. The average Bonchev–Trinajstić information content (AvgIpc) is 2.81. The molecular formula is C15H26N2S2. The number of hydrogen-bond donors (Lipinski definition) is 1. The van der Waals surface area contributed by atoms with Crippen LogP contribution < -0.4 is 5.32 Å². The first-order valence-corrected chi connectivity index (χ1v) is 9.12. The molecule has 0 aromatic carbocycles. The summed E-state index contributed by atoms with van der Waals surface area (Å²) < 4.78 is 0.474. The topological polar surface area (TPSA) is 15.3 Å². The molecule has 1 aliphatic heterocycles. The van der Waals surface area contributed by atoms with Crippen LogP contribution in [0.5, 0.6) is 0 Å². The molecule has 0 bridgehead atoms. The third kappa shape index (κ3) is 5.86. The molecule has 0 saturated carbocycles. The van der Waals surface area contributed by atoms with Crippen LogP contribution in [0.2, 0.25) is 0 Å². The maximum absolute atomic E-state index is 3.57. The lowest BCUT2D eigenvalue weighted by atomic mass is 10.1. The van der Waals surface area contributed by atoms with Crippen LogP contribution in [-0.2, 0) is 6.42 Å². The zero-order chi connectivity index (χ0) is 13.6. The summed E-state index contributed by atoms with van der Waals surface area (Å²) in [5.74, 6) is 1.28. The largest absolute Gasteiger partial charge is 0.315 e. The van der Waals surface area contributed by atoms with Gasteiger partial charge in [0.15, 0.2) is 0 Å². The van der Waals surface area contributed by atoms with Crippen molar-refractivity contribution in [1.82, 2.24) is 10.2 Å². The third-order valence-electron chi connectivity index (χ3n) is 3.66. The van der Waals surface area contributed by atoms with Crippen LogP contribution in [0.3, 0.4) is 0 Å². The van der Waals surface area contributed by atoms with Crippen LogP contribution in [-0.4, -0.2) is 48.1 Å². The molecule has 1 N–H and O–H groups in total. The molecule has 19 heavy (non-hydrogen) atoms. The molecule has 0 amide bonds. The Kier molecular flexibility index (Phi) is 6.20. The Bertz CT molecular complexity index is 349. The lowest BCUT2D eigenvalue weighted by Crippen LogP contribution is -2.34. The number of thiophene rings is 1. The number of hydrogen-bond acceptors (Lipinski definition) is 4. The van der Waals surface area contributed by atoms with Crippen molar-refractivity contribution in [1.29, 1.82) is 0 Å². The van der Waals surface area contributed by atoms with Crippen LogP contribution in [0.4, 0.5) is 0 Å². The van der Waals surface area contributed by atoms with Gasteiger partial charge in [0.05, 0.1) is 0 Å². The number of rotatable bonds is 6. The van der Waals surface area contributed by atoms with E-state index in [0.29, 0.717) is 4.75 Å². The predicted molar refractivity (Wildman–Crippen MR) is 88.5 cm³/mol. The lowest BCUT2D eigenvalue weighted by Gasteiger charge is -2.22. The first kappa shape index (κ1) is 15.4. The molecule has 1 aliphatic rings. The molecule has 1 saturated heterocycles. The van der Waals surface area contributed by atoms with Gasteiger partial charge in [-0.2, -0.15) is 11.8 Å². The van der Waals surface area contributed by atoms with Gasteiger partial charge >= 0.3 is 0 Å². The van der Waals surface area contributed by atoms with Crippen molar-refractivity contribution in [2.75, 3.05) is 38.5 Å². The van der Waals surface area contributed by atoms with Crippen LogP contribution in [0.25, 0.3) is 0 Å². The zero-order valence-electron chi connectivity index (χ0n) is 12.2. The summed E-state index contributed by atoms with van der Waals surface area (Å²) in [6, 6.07) is 4.36. The Labute approximate surface area is 126 Å². The average molecular weight is 299 g/mol. The van der Waals surface area contributed by atoms with Gasteiger partial charge in [0.25, 0.3) is 0 Å². The molecule has 2 rings (SSSR count). The van der Waals surface area contributed by atoms with E-state index in [1.807, 2.05) is 11.3 Å². The van der Waals surface area contributed by atoms with E-state index in [-0.39, 0.29) is 0 Å². The summed E-state index contributed by atoms with van der Waals surface area (Å²) in [6.45, 7) is 10.7. The minimum absolute atomic E-state index is 0.474. The number of nitrogens with zero attached hydrogens (tertiary/aromatic N) is 1. The van der Waals surface area contributed by atoms with E-state index in [9.17, 15) is 0 Å². The van der Waals surface area contributed by atoms with Gasteiger partial charge in [-0.15, -0.1) is 11.3 Å². The molecule has 1 aromatic rings. The van der Waals surface area contributed by atoms with E-state index in [2.05, 4.69) is 53.3 Å². The van der Waals surface area contributed by atoms with Gasteiger partial charge in [-0.3, -0.25) is 0 Å². The molecule has 0 aliphatic carbocycles. The summed E-state index contributed by atoms with van der Waals surface area (Å²) in [7, 11) is 0. The summed E-state index contributed by atoms with van der Waals surface area (Å²) in [4.78, 5) is 4.10. The second-order valence-corrected chi connectivity index (χ2v) is 8.61. The van der Waals surface area contributed by atoms with Crippen molar-refractivity contribution < 1.29 is 0 Å². The van der Waals surface area contributed by atoms with Crippen molar-refractivity contribution in [3.8, 4) is 0 Å². The smallest absolute Gasteiger partial charge is 0.0116 e. The van der Waals surface area contributed by atoms with Crippen LogP contribution in [0, 0.1) is 0 Å². The van der Waals surface area contributed by atoms with Crippen LogP contribution >= 0.6 is 23.1 Å². The molecule has 4 heteroatoms. The molecule has 108 valence electrons. The number of nitrogens with one attached hydrogen (secondary N) is 1. The van der Waals surface area contributed by atoms with Gasteiger partial charge < -0.3 is 10.2 Å². The first-order chi connectivity index (χ1) is 9.16. The van der Waals surface area contributed by atoms with Crippen molar-refractivity contribution >= 4 is 23.1 Å². The van der Waals surface area contributed by atoms with E-state index in [4.69, 9.17) is 0 Å². The minimum atomic E-state index is 0.474. The Balaban J connectivity index is 1.55. The van der Waals surface area contributed by atoms with Crippen molar-refractivity contribution in [2.45, 2.75) is 31.4 Å². The Hall–Kier alpha value is -0.0300. The van der Waals surface area contributed by atoms with E-state index in [1.165, 1.54) is 43.1 Å². The predicted octanol–water partition coefficient (Wildman–Crippen LogP) is 3.10. The van der Waals surface area contributed by atoms with Crippen LogP contribution in [0.15, 0.2) is 17.5 Å². The highest BCUT2D eigenvalue weighted by Crippen LogP contribution is 2.30. The quantitative estimate of drug-likeness (QED) is 0.813. The van der Waals surface area contributed by atoms with Gasteiger partial charge in [0.2, 0.25) is 0 Å². The van der Waals surface area contributed by atoms with Gasteiger partial charge in [0, 0.05) is 41.6 Å². The molecule has 0 radical (unpaired) electrons. The monoisotopic (exact) mass is 298 g/mol. The molecular weight excluding hydrogens is 272 g/mol. The first-order valence-electron chi connectivity index (χ1n) is 7.25. The van der Waals surface area contributed by atoms with E-state index < -0.39 is 0 Å². The fourth-order valence-corrected chi connectivity index (χ4v) is 4.16. The van der Waals surface area contributed by atoms with Crippen molar-refractivity contribution in [3.05, 3.63) is 22.4 Å². The van der Waals surface area contributed by atoms with Gasteiger partial charge in [-0.05, 0) is 30.8 Å². The van der Waals surface area contributed by atoms with E-state index >= 15 is 0 Å². The Morgan fingerprint density at radius 3 is 3.00 bits per heavy atom. The highest BCUT2D eigenvalue weighted by atomic mass is 32.2. The molecule has 1 fully saturated rings. The maximum atomic E-state index is 3.57. The molecule has 0 atom stereocenters. The summed E-state index contributed by atoms with van der Waals surface area (Å²) >= 11 is 3.98. The SMILES string of the molecule is CC1(C)CCN(CCNCCc2cccs2)CCS1. The normalized spacial score (nSPS) is 20.3. The highest BCUT2D eigenvalue weighted by molar-refractivity contribution is 8.00. The summed E-state index contributed by atoms with van der Waals surface area (Å²) in [6.07, 6.45) is 2.48. The molecule has 1 aromatic heterocycles. The molecule has 2 nitrogen and oxygen atoms in total. The standard InChI is InChI=1S/C15H26N2S2/c1-15(2)6-9-17(11-13-19-15)10-8-16-7-5-14-4-3-12-18-14/h3-4,12,16H,5-11,13H2,1-2H3. The van der Waals surface area contributed by atoms with Crippen molar-refractivity contribution in [2.24, 2.45) is 0 Å². The zero-order valence-corrected chi connectivity index (χ0v) is 13.8. The lowest BCUT2D eigenvalue weighted by molar-refractivity contribution is 0.284. The Morgan fingerprint density at radius 2 is 2.21 bits per heavy atom. The second-order valence-electron chi connectivity index (χ2n) is 5.78. The highest BCUT2D eigenvalue weighted by Gasteiger charge is 2.23. The van der Waals surface area contributed by atoms with Gasteiger partial charge in [-0.25, -0.2) is 0 Å². The Morgan fingerprint density at radius 1 is 1.32 bits per heavy atom. The minimum Gasteiger partial charge on any atom is -0.315 e. The molecule has 0 unspecified atom stereocenters. The molecule has 2 heterocycles. The fourth-order valence-electron chi connectivity index (χ4n) is 2.31. The fraction of sp³-hybridized carbons (Fsp3) is 0.733. The second kappa shape index (κ2) is 7.67. The van der Waals surface area contributed by atoms with E-state index in [1.54, 1.807) is 0 Å². The van der Waals surface area contributed by atoms with Crippen molar-refractivity contribution in [3.63, 3.8) is 0 Å². The van der Waals surface area contributed by atoms with Gasteiger partial charge in [-0.1, -0.05) is 19.9 Å².